The first kappa shape index (κ1) is 13.9. The van der Waals surface area contributed by atoms with Crippen molar-refractivity contribution in [3.63, 3.8) is 0 Å². The minimum atomic E-state index is -0.312. The first-order chi connectivity index (χ1) is 9.79. The molecule has 1 aromatic carbocycles. The third-order valence-corrected chi connectivity index (χ3v) is 5.24. The van der Waals surface area contributed by atoms with Gasteiger partial charge in [-0.2, -0.15) is 0 Å². The second-order valence-corrected chi connectivity index (χ2v) is 6.46. The molecule has 20 heavy (non-hydrogen) atoms. The van der Waals surface area contributed by atoms with Gasteiger partial charge in [-0.15, -0.1) is 0 Å². The molecule has 2 nitrogen and oxygen atoms in total. The summed E-state index contributed by atoms with van der Waals surface area (Å²) < 4.78 is 0. The van der Waals surface area contributed by atoms with Crippen LogP contribution in [0.4, 0.5) is 5.69 Å². The number of rotatable bonds is 4. The van der Waals surface area contributed by atoms with Crippen molar-refractivity contribution in [2.45, 2.75) is 64.0 Å². The Morgan fingerprint density at radius 2 is 1.80 bits per heavy atom. The summed E-state index contributed by atoms with van der Waals surface area (Å²) in [4.78, 5) is 2.62. The van der Waals surface area contributed by atoms with Crippen LogP contribution in [-0.4, -0.2) is 17.7 Å². The maximum atomic E-state index is 9.90. The van der Waals surface area contributed by atoms with E-state index in [0.717, 1.165) is 23.9 Å². The van der Waals surface area contributed by atoms with E-state index >= 15 is 0 Å². The highest BCUT2D eigenvalue weighted by Gasteiger charge is 2.33. The molecule has 1 unspecified atom stereocenters. The molecule has 0 spiro atoms. The molecule has 1 aromatic rings. The smallest absolute Gasteiger partial charge is 0.0787 e. The molecule has 0 bridgehead atoms. The molecule has 2 aliphatic rings. The van der Waals surface area contributed by atoms with Gasteiger partial charge in [0.05, 0.1) is 6.10 Å². The van der Waals surface area contributed by atoms with Gasteiger partial charge in [0.25, 0.3) is 0 Å². The van der Waals surface area contributed by atoms with Gasteiger partial charge in [-0.3, -0.25) is 0 Å². The minimum Gasteiger partial charge on any atom is -0.388 e. The van der Waals surface area contributed by atoms with Gasteiger partial charge in [-0.05, 0) is 55.7 Å². The molecule has 110 valence electrons. The summed E-state index contributed by atoms with van der Waals surface area (Å²) in [6.07, 6.45) is 8.88. The summed E-state index contributed by atoms with van der Waals surface area (Å²) in [5.41, 5.74) is 2.40. The summed E-state index contributed by atoms with van der Waals surface area (Å²) in [6, 6.07) is 9.39. The molecule has 3 rings (SSSR count). The number of aliphatic hydroxyl groups is 1. The van der Waals surface area contributed by atoms with Crippen LogP contribution in [0.25, 0.3) is 0 Å². The second kappa shape index (κ2) is 6.17. The van der Waals surface area contributed by atoms with E-state index in [4.69, 9.17) is 0 Å². The topological polar surface area (TPSA) is 23.5 Å². The number of aliphatic hydroxyl groups excluding tert-OH is 1. The Hall–Kier alpha value is -1.02. The molecule has 1 saturated heterocycles. The standard InChI is InChI=1S/C18H27NO/c1-2-18(20)15-9-11-16(12-10-15)19-13-5-8-17(19)14-6-3-4-7-14/h9-12,14,17-18,20H,2-8,13H2,1H3/t17?,18-/m1/s1. The Kier molecular flexibility index (Phi) is 4.30. The molecular formula is C18H27NO. The molecule has 1 heterocycles. The van der Waals surface area contributed by atoms with Gasteiger partial charge in [-0.25, -0.2) is 0 Å². The van der Waals surface area contributed by atoms with Crippen LogP contribution in [0.15, 0.2) is 24.3 Å². The van der Waals surface area contributed by atoms with Crippen molar-refractivity contribution in [3.8, 4) is 0 Å². The third kappa shape index (κ3) is 2.71. The summed E-state index contributed by atoms with van der Waals surface area (Å²) in [7, 11) is 0. The quantitative estimate of drug-likeness (QED) is 0.884. The summed E-state index contributed by atoms with van der Waals surface area (Å²) in [5.74, 6) is 0.915. The summed E-state index contributed by atoms with van der Waals surface area (Å²) in [5, 5.41) is 9.90. The van der Waals surface area contributed by atoms with Crippen molar-refractivity contribution in [2.24, 2.45) is 5.92 Å². The van der Waals surface area contributed by atoms with E-state index in [2.05, 4.69) is 29.2 Å². The minimum absolute atomic E-state index is 0.312. The van der Waals surface area contributed by atoms with Crippen molar-refractivity contribution in [3.05, 3.63) is 29.8 Å². The first-order valence-electron chi connectivity index (χ1n) is 8.34. The largest absolute Gasteiger partial charge is 0.388 e. The van der Waals surface area contributed by atoms with Crippen molar-refractivity contribution in [1.29, 1.82) is 0 Å². The van der Waals surface area contributed by atoms with Gasteiger partial charge >= 0.3 is 0 Å². The van der Waals surface area contributed by atoms with Gasteiger partial charge in [0, 0.05) is 18.3 Å². The molecule has 0 radical (unpaired) electrons. The van der Waals surface area contributed by atoms with E-state index in [1.165, 1.54) is 50.8 Å². The molecule has 0 aromatic heterocycles. The lowest BCUT2D eigenvalue weighted by molar-refractivity contribution is 0.173. The van der Waals surface area contributed by atoms with E-state index in [1.807, 2.05) is 6.92 Å². The summed E-state index contributed by atoms with van der Waals surface area (Å²) in [6.45, 7) is 3.23. The normalized spacial score (nSPS) is 25.3. The fraction of sp³-hybridized carbons (Fsp3) is 0.667. The van der Waals surface area contributed by atoms with Crippen LogP contribution in [0.1, 0.15) is 63.5 Å². The highest BCUT2D eigenvalue weighted by molar-refractivity contribution is 5.50. The number of nitrogens with zero attached hydrogens (tertiary/aromatic N) is 1. The predicted octanol–water partition coefficient (Wildman–Crippen LogP) is 4.29. The van der Waals surface area contributed by atoms with Crippen LogP contribution in [-0.2, 0) is 0 Å². The fourth-order valence-corrected chi connectivity index (χ4v) is 4.07. The van der Waals surface area contributed by atoms with Crippen molar-refractivity contribution < 1.29 is 5.11 Å². The van der Waals surface area contributed by atoms with E-state index in [1.54, 1.807) is 0 Å². The zero-order valence-corrected chi connectivity index (χ0v) is 12.6. The summed E-state index contributed by atoms with van der Waals surface area (Å²) >= 11 is 0. The van der Waals surface area contributed by atoms with Crippen molar-refractivity contribution >= 4 is 5.69 Å². The van der Waals surface area contributed by atoms with Crippen LogP contribution >= 0.6 is 0 Å². The Bertz CT molecular complexity index is 422. The van der Waals surface area contributed by atoms with E-state index < -0.39 is 0 Å². The number of hydrogen-bond acceptors (Lipinski definition) is 2. The molecule has 1 N–H and O–H groups in total. The monoisotopic (exact) mass is 273 g/mol. The van der Waals surface area contributed by atoms with Gasteiger partial charge in [0.2, 0.25) is 0 Å². The Labute approximate surface area is 122 Å². The molecule has 2 atom stereocenters. The van der Waals surface area contributed by atoms with E-state index in [0.29, 0.717) is 0 Å². The molecule has 0 amide bonds. The fourth-order valence-electron chi connectivity index (χ4n) is 4.07. The second-order valence-electron chi connectivity index (χ2n) is 6.46. The molecule has 2 fully saturated rings. The maximum absolute atomic E-state index is 9.90. The Balaban J connectivity index is 1.74. The number of hydrogen-bond donors (Lipinski definition) is 1. The van der Waals surface area contributed by atoms with Gasteiger partial charge in [0.1, 0.15) is 0 Å². The zero-order valence-electron chi connectivity index (χ0n) is 12.6. The van der Waals surface area contributed by atoms with E-state index in [-0.39, 0.29) is 6.10 Å². The maximum Gasteiger partial charge on any atom is 0.0787 e. The zero-order chi connectivity index (χ0) is 13.9. The average molecular weight is 273 g/mol. The average Bonchev–Trinajstić information content (AvgIpc) is 3.16. The molecule has 1 aliphatic heterocycles. The highest BCUT2D eigenvalue weighted by atomic mass is 16.3. The Morgan fingerprint density at radius 3 is 2.45 bits per heavy atom. The third-order valence-electron chi connectivity index (χ3n) is 5.24. The van der Waals surface area contributed by atoms with Gasteiger partial charge in [0.15, 0.2) is 0 Å². The van der Waals surface area contributed by atoms with Crippen LogP contribution in [0, 0.1) is 5.92 Å². The lowest BCUT2D eigenvalue weighted by Crippen LogP contribution is -2.34. The van der Waals surface area contributed by atoms with Crippen LogP contribution in [0.2, 0.25) is 0 Å². The van der Waals surface area contributed by atoms with Gasteiger partial charge < -0.3 is 10.0 Å². The van der Waals surface area contributed by atoms with Gasteiger partial charge in [-0.1, -0.05) is 31.9 Å². The van der Waals surface area contributed by atoms with Crippen LogP contribution in [0.5, 0.6) is 0 Å². The lowest BCUT2D eigenvalue weighted by atomic mass is 9.95. The van der Waals surface area contributed by atoms with Crippen LogP contribution in [0.3, 0.4) is 0 Å². The molecular weight excluding hydrogens is 246 g/mol. The number of anilines is 1. The van der Waals surface area contributed by atoms with E-state index in [9.17, 15) is 5.11 Å². The SMILES string of the molecule is CC[C@@H](O)c1ccc(N2CCCC2C2CCCC2)cc1. The lowest BCUT2D eigenvalue weighted by Gasteiger charge is -2.31. The van der Waals surface area contributed by atoms with Crippen LogP contribution < -0.4 is 4.90 Å². The predicted molar refractivity (Wildman–Crippen MR) is 84.0 cm³/mol. The molecule has 2 heteroatoms. The number of benzene rings is 1. The van der Waals surface area contributed by atoms with Crippen molar-refractivity contribution in [1.82, 2.24) is 0 Å². The molecule has 1 saturated carbocycles. The highest BCUT2D eigenvalue weighted by Crippen LogP contribution is 2.38. The van der Waals surface area contributed by atoms with Crippen molar-refractivity contribution in [2.75, 3.05) is 11.4 Å². The first-order valence-corrected chi connectivity index (χ1v) is 8.34. The Morgan fingerprint density at radius 1 is 1.10 bits per heavy atom. The molecule has 1 aliphatic carbocycles.